The van der Waals surface area contributed by atoms with Crippen LogP contribution in [0, 0.1) is 11.3 Å². The van der Waals surface area contributed by atoms with Crippen molar-refractivity contribution in [3.8, 4) is 17.7 Å². The van der Waals surface area contributed by atoms with E-state index in [0.29, 0.717) is 28.4 Å². The SMILES string of the molecule is N#Cc1cccc(C(=O)Nc2ccc(Oc3ccccc3)nc2)c1. The number of hydrogen-bond acceptors (Lipinski definition) is 4. The number of pyridine rings is 1. The summed E-state index contributed by atoms with van der Waals surface area (Å²) in [5.74, 6) is 0.825. The first-order valence-electron chi connectivity index (χ1n) is 7.25. The molecule has 5 heteroatoms. The number of amides is 1. The number of rotatable bonds is 4. The van der Waals surface area contributed by atoms with Gasteiger partial charge in [-0.2, -0.15) is 5.26 Å². The molecule has 3 aromatic rings. The van der Waals surface area contributed by atoms with Crippen molar-refractivity contribution in [3.05, 3.63) is 84.1 Å². The second-order valence-electron chi connectivity index (χ2n) is 4.95. The molecule has 2 aromatic carbocycles. The van der Waals surface area contributed by atoms with Gasteiger partial charge in [-0.1, -0.05) is 24.3 Å². The van der Waals surface area contributed by atoms with E-state index in [0.717, 1.165) is 0 Å². The zero-order chi connectivity index (χ0) is 16.8. The third kappa shape index (κ3) is 3.76. The van der Waals surface area contributed by atoms with E-state index >= 15 is 0 Å². The predicted octanol–water partition coefficient (Wildman–Crippen LogP) is 4.00. The number of para-hydroxylation sites is 1. The summed E-state index contributed by atoms with van der Waals surface area (Å²) in [5.41, 5.74) is 1.40. The molecule has 1 N–H and O–H groups in total. The van der Waals surface area contributed by atoms with Gasteiger partial charge in [0.2, 0.25) is 5.88 Å². The number of aromatic nitrogens is 1. The maximum atomic E-state index is 12.2. The Hall–Kier alpha value is -3.65. The van der Waals surface area contributed by atoms with Gasteiger partial charge in [0.15, 0.2) is 0 Å². The van der Waals surface area contributed by atoms with Crippen LogP contribution >= 0.6 is 0 Å². The Balaban J connectivity index is 1.67. The van der Waals surface area contributed by atoms with Gasteiger partial charge in [-0.3, -0.25) is 4.79 Å². The summed E-state index contributed by atoms with van der Waals surface area (Å²) in [4.78, 5) is 16.3. The Bertz CT molecular complexity index is 884. The number of carbonyl (C=O) groups is 1. The number of anilines is 1. The van der Waals surface area contributed by atoms with Crippen LogP contribution in [-0.4, -0.2) is 10.9 Å². The van der Waals surface area contributed by atoms with Crippen LogP contribution in [-0.2, 0) is 0 Å². The Morgan fingerprint density at radius 2 is 1.88 bits per heavy atom. The van der Waals surface area contributed by atoms with Crippen LogP contribution in [0.4, 0.5) is 5.69 Å². The van der Waals surface area contributed by atoms with Crippen LogP contribution in [0.1, 0.15) is 15.9 Å². The zero-order valence-electron chi connectivity index (χ0n) is 12.6. The second-order valence-corrected chi connectivity index (χ2v) is 4.95. The van der Waals surface area contributed by atoms with Crippen LogP contribution in [0.25, 0.3) is 0 Å². The lowest BCUT2D eigenvalue weighted by Gasteiger charge is -2.07. The molecule has 0 atom stereocenters. The number of nitriles is 1. The molecule has 116 valence electrons. The van der Waals surface area contributed by atoms with Gasteiger partial charge in [-0.05, 0) is 36.4 Å². The minimum Gasteiger partial charge on any atom is -0.439 e. The van der Waals surface area contributed by atoms with Crippen LogP contribution in [0.5, 0.6) is 11.6 Å². The normalized spacial score (nSPS) is 9.79. The van der Waals surface area contributed by atoms with E-state index in [1.54, 1.807) is 30.3 Å². The molecule has 24 heavy (non-hydrogen) atoms. The Morgan fingerprint density at radius 3 is 2.58 bits per heavy atom. The number of nitrogens with zero attached hydrogens (tertiary/aromatic N) is 2. The van der Waals surface area contributed by atoms with Gasteiger partial charge < -0.3 is 10.1 Å². The first-order valence-corrected chi connectivity index (χ1v) is 7.25. The molecule has 0 spiro atoms. The standard InChI is InChI=1S/C19H13N3O2/c20-12-14-5-4-6-15(11-14)19(23)22-16-9-10-18(21-13-16)24-17-7-2-1-3-8-17/h1-11,13H,(H,22,23). The Kier molecular flexibility index (Phi) is 4.50. The quantitative estimate of drug-likeness (QED) is 0.789. The Labute approximate surface area is 139 Å². The van der Waals surface area contributed by atoms with E-state index in [4.69, 9.17) is 10.00 Å². The smallest absolute Gasteiger partial charge is 0.255 e. The van der Waals surface area contributed by atoms with Gasteiger partial charge in [0.05, 0.1) is 23.5 Å². The van der Waals surface area contributed by atoms with Crippen molar-refractivity contribution in [3.63, 3.8) is 0 Å². The first kappa shape index (κ1) is 15.3. The second kappa shape index (κ2) is 7.07. The third-order valence-electron chi connectivity index (χ3n) is 3.21. The summed E-state index contributed by atoms with van der Waals surface area (Å²) in [5, 5.41) is 11.6. The molecular weight excluding hydrogens is 302 g/mol. The molecule has 0 radical (unpaired) electrons. The van der Waals surface area contributed by atoms with Crippen LogP contribution in [0.3, 0.4) is 0 Å². The highest BCUT2D eigenvalue weighted by Crippen LogP contribution is 2.20. The molecule has 0 fully saturated rings. The largest absolute Gasteiger partial charge is 0.439 e. The highest BCUT2D eigenvalue weighted by Gasteiger charge is 2.07. The third-order valence-corrected chi connectivity index (χ3v) is 3.21. The summed E-state index contributed by atoms with van der Waals surface area (Å²) in [6.45, 7) is 0. The molecule has 0 unspecified atom stereocenters. The lowest BCUT2D eigenvalue weighted by Crippen LogP contribution is -2.12. The lowest BCUT2D eigenvalue weighted by molar-refractivity contribution is 0.102. The van der Waals surface area contributed by atoms with Crippen molar-refractivity contribution in [2.45, 2.75) is 0 Å². The number of nitrogens with one attached hydrogen (secondary N) is 1. The fourth-order valence-corrected chi connectivity index (χ4v) is 2.06. The summed E-state index contributed by atoms with van der Waals surface area (Å²) in [6, 6.07) is 21.2. The molecule has 1 heterocycles. The van der Waals surface area contributed by atoms with Gasteiger partial charge in [0.25, 0.3) is 5.91 Å². The highest BCUT2D eigenvalue weighted by atomic mass is 16.5. The fourth-order valence-electron chi connectivity index (χ4n) is 2.06. The molecule has 0 saturated heterocycles. The molecule has 5 nitrogen and oxygen atoms in total. The van der Waals surface area contributed by atoms with Crippen LogP contribution in [0.2, 0.25) is 0 Å². The van der Waals surface area contributed by atoms with Gasteiger partial charge in [-0.25, -0.2) is 4.98 Å². The van der Waals surface area contributed by atoms with E-state index in [9.17, 15) is 4.79 Å². The van der Waals surface area contributed by atoms with E-state index < -0.39 is 0 Å². The molecule has 0 saturated carbocycles. The summed E-state index contributed by atoms with van der Waals surface area (Å²) in [6.07, 6.45) is 1.52. The van der Waals surface area contributed by atoms with Crippen LogP contribution < -0.4 is 10.1 Å². The molecule has 0 aliphatic carbocycles. The topological polar surface area (TPSA) is 75.0 Å². The van der Waals surface area contributed by atoms with E-state index in [1.165, 1.54) is 12.3 Å². The predicted molar refractivity (Wildman–Crippen MR) is 89.9 cm³/mol. The number of carbonyl (C=O) groups excluding carboxylic acids is 1. The molecular formula is C19H13N3O2. The summed E-state index contributed by atoms with van der Waals surface area (Å²) < 4.78 is 5.59. The maximum Gasteiger partial charge on any atom is 0.255 e. The van der Waals surface area contributed by atoms with Gasteiger partial charge in [0, 0.05) is 11.6 Å². The lowest BCUT2D eigenvalue weighted by atomic mass is 10.1. The minimum atomic E-state index is -0.300. The number of ether oxygens (including phenoxy) is 1. The summed E-state index contributed by atoms with van der Waals surface area (Å²) >= 11 is 0. The molecule has 0 aliphatic heterocycles. The van der Waals surface area contributed by atoms with E-state index in [1.807, 2.05) is 36.4 Å². The van der Waals surface area contributed by atoms with Gasteiger partial charge >= 0.3 is 0 Å². The fraction of sp³-hybridized carbons (Fsp3) is 0. The highest BCUT2D eigenvalue weighted by molar-refractivity contribution is 6.04. The van der Waals surface area contributed by atoms with Crippen molar-refractivity contribution in [2.24, 2.45) is 0 Å². The average molecular weight is 315 g/mol. The van der Waals surface area contributed by atoms with Crippen molar-refractivity contribution in [2.75, 3.05) is 5.32 Å². The summed E-state index contributed by atoms with van der Waals surface area (Å²) in [7, 11) is 0. The minimum absolute atomic E-state index is 0.300. The van der Waals surface area contributed by atoms with Gasteiger partial charge in [0.1, 0.15) is 5.75 Å². The number of benzene rings is 2. The van der Waals surface area contributed by atoms with Crippen molar-refractivity contribution < 1.29 is 9.53 Å². The maximum absolute atomic E-state index is 12.2. The molecule has 1 amide bonds. The van der Waals surface area contributed by atoms with Crippen LogP contribution in [0.15, 0.2) is 72.9 Å². The van der Waals surface area contributed by atoms with Crippen molar-refractivity contribution >= 4 is 11.6 Å². The molecule has 1 aromatic heterocycles. The van der Waals surface area contributed by atoms with Gasteiger partial charge in [-0.15, -0.1) is 0 Å². The monoisotopic (exact) mass is 315 g/mol. The molecule has 0 aliphatic rings. The Morgan fingerprint density at radius 1 is 1.04 bits per heavy atom. The van der Waals surface area contributed by atoms with E-state index in [-0.39, 0.29) is 5.91 Å². The van der Waals surface area contributed by atoms with E-state index in [2.05, 4.69) is 10.3 Å². The first-order chi connectivity index (χ1) is 11.7. The van der Waals surface area contributed by atoms with Crippen molar-refractivity contribution in [1.82, 2.24) is 4.98 Å². The van der Waals surface area contributed by atoms with Crippen molar-refractivity contribution in [1.29, 1.82) is 5.26 Å². The average Bonchev–Trinajstić information content (AvgIpc) is 2.64. The molecule has 3 rings (SSSR count). The number of hydrogen-bond donors (Lipinski definition) is 1. The zero-order valence-corrected chi connectivity index (χ0v) is 12.6. The molecule has 0 bridgehead atoms.